The Morgan fingerprint density at radius 1 is 0.773 bits per heavy atom. The van der Waals surface area contributed by atoms with Crippen molar-refractivity contribution in [3.05, 3.63) is 0 Å². The number of carbonyl (C=O) groups is 7. The molecule has 0 saturated heterocycles. The van der Waals surface area contributed by atoms with E-state index in [0.29, 0.717) is 0 Å². The molecule has 5 atom stereocenters. The number of carbonyl (C=O) groups excluding carboxylic acids is 5. The number of thiol groups is 2. The standard InChI is InChI=1S/C24H43N9O9S2/c1-11(2)6-15(23(41)42)32-22(40)16(10-44)33-21(39)14(7-18(35)36)30-17(34)8-29-20(38)13(4-3-5-28-24(26)27)31-19(37)12(25)9-43/h11-16,43-44H,3-10,25H2,1-2H3,(H,29,38)(H,30,34)(H,31,37)(H,32,40)(H,33,39)(H,35,36)(H,41,42)(H4,26,27,28)/t12-,13-,14-,15-,16-/m0/s1. The summed E-state index contributed by atoms with van der Waals surface area (Å²) in [6.45, 7) is 2.94. The molecule has 0 bridgehead atoms. The molecule has 0 spiro atoms. The van der Waals surface area contributed by atoms with Gasteiger partial charge in [0.2, 0.25) is 29.5 Å². The van der Waals surface area contributed by atoms with E-state index in [1.54, 1.807) is 13.8 Å². The van der Waals surface area contributed by atoms with Gasteiger partial charge in [-0.15, -0.1) is 0 Å². The average Bonchev–Trinajstić information content (AvgIpc) is 2.93. The van der Waals surface area contributed by atoms with Crippen LogP contribution in [0.5, 0.6) is 0 Å². The highest BCUT2D eigenvalue weighted by Crippen LogP contribution is 2.06. The smallest absolute Gasteiger partial charge is 0.326 e. The zero-order valence-electron chi connectivity index (χ0n) is 24.4. The number of nitrogens with two attached hydrogens (primary N) is 3. The molecule has 0 saturated carbocycles. The van der Waals surface area contributed by atoms with Gasteiger partial charge in [0.15, 0.2) is 5.96 Å². The molecule has 0 radical (unpaired) electrons. The highest BCUT2D eigenvalue weighted by molar-refractivity contribution is 7.80. The van der Waals surface area contributed by atoms with Gasteiger partial charge in [0.25, 0.3) is 0 Å². The van der Waals surface area contributed by atoms with Gasteiger partial charge >= 0.3 is 11.9 Å². The van der Waals surface area contributed by atoms with E-state index in [9.17, 15) is 43.8 Å². The Kier molecular flexibility index (Phi) is 19.2. The van der Waals surface area contributed by atoms with Crippen molar-refractivity contribution in [3.63, 3.8) is 0 Å². The van der Waals surface area contributed by atoms with Crippen LogP contribution >= 0.6 is 25.3 Å². The first-order chi connectivity index (χ1) is 20.5. The van der Waals surface area contributed by atoms with Crippen LogP contribution in [0.4, 0.5) is 0 Å². The van der Waals surface area contributed by atoms with Crippen LogP contribution < -0.4 is 43.8 Å². The molecular formula is C24H43N9O9S2. The van der Waals surface area contributed by atoms with Crippen LogP contribution in [0.2, 0.25) is 0 Å². The molecule has 0 heterocycles. The Morgan fingerprint density at radius 2 is 1.34 bits per heavy atom. The number of hydrogen-bond donors (Lipinski definition) is 12. The van der Waals surface area contributed by atoms with Crippen molar-refractivity contribution < 1.29 is 43.8 Å². The summed E-state index contributed by atoms with van der Waals surface area (Å²) in [5.74, 6) is -7.63. The van der Waals surface area contributed by atoms with Gasteiger partial charge in [-0.3, -0.25) is 33.8 Å². The lowest BCUT2D eigenvalue weighted by Crippen LogP contribution is -2.58. The highest BCUT2D eigenvalue weighted by atomic mass is 32.1. The summed E-state index contributed by atoms with van der Waals surface area (Å²) in [6, 6.07) is -6.44. The van der Waals surface area contributed by atoms with E-state index in [4.69, 9.17) is 17.2 Å². The summed E-state index contributed by atoms with van der Waals surface area (Å²) in [5, 5.41) is 30.1. The van der Waals surface area contributed by atoms with Gasteiger partial charge in [0, 0.05) is 18.1 Å². The maximum atomic E-state index is 12.8. The summed E-state index contributed by atoms with van der Waals surface area (Å²) in [4.78, 5) is 89.7. The topological polar surface area (TPSA) is 311 Å². The Morgan fingerprint density at radius 3 is 1.84 bits per heavy atom. The highest BCUT2D eigenvalue weighted by Gasteiger charge is 2.31. The molecule has 44 heavy (non-hydrogen) atoms. The van der Waals surface area contributed by atoms with E-state index in [1.807, 2.05) is 0 Å². The molecule has 0 aliphatic carbocycles. The fraction of sp³-hybridized carbons (Fsp3) is 0.667. The van der Waals surface area contributed by atoms with E-state index in [0.717, 1.165) is 0 Å². The van der Waals surface area contributed by atoms with E-state index in [2.05, 4.69) is 56.8 Å². The summed E-state index contributed by atoms with van der Waals surface area (Å²) < 4.78 is 0. The average molecular weight is 666 g/mol. The Bertz CT molecular complexity index is 1060. The molecule has 0 unspecified atom stereocenters. The van der Waals surface area contributed by atoms with Crippen molar-refractivity contribution in [2.75, 3.05) is 24.6 Å². The second-order valence-electron chi connectivity index (χ2n) is 10.0. The molecule has 13 N–H and O–H groups in total. The van der Waals surface area contributed by atoms with E-state index in [-0.39, 0.29) is 49.2 Å². The molecule has 18 nitrogen and oxygen atoms in total. The minimum absolute atomic E-state index is 0.00255. The first-order valence-corrected chi connectivity index (χ1v) is 14.7. The number of hydrogen-bond acceptors (Lipinski definition) is 11. The van der Waals surface area contributed by atoms with Crippen LogP contribution in [-0.4, -0.2) is 112 Å². The van der Waals surface area contributed by atoms with Crippen LogP contribution in [0.1, 0.15) is 39.5 Å². The quantitative estimate of drug-likeness (QED) is 0.0241. The minimum Gasteiger partial charge on any atom is -0.481 e. The molecule has 5 amide bonds. The van der Waals surface area contributed by atoms with Crippen molar-refractivity contribution >= 4 is 72.7 Å². The van der Waals surface area contributed by atoms with Gasteiger partial charge in [-0.25, -0.2) is 4.79 Å². The van der Waals surface area contributed by atoms with Crippen molar-refractivity contribution in [1.82, 2.24) is 26.6 Å². The molecule has 0 rings (SSSR count). The maximum Gasteiger partial charge on any atom is 0.326 e. The van der Waals surface area contributed by atoms with Gasteiger partial charge in [-0.1, -0.05) is 13.8 Å². The van der Waals surface area contributed by atoms with Crippen LogP contribution in [0.15, 0.2) is 4.99 Å². The monoisotopic (exact) mass is 665 g/mol. The molecule has 0 aromatic carbocycles. The number of rotatable bonds is 21. The largest absolute Gasteiger partial charge is 0.481 e. The Hall–Kier alpha value is -3.78. The molecule has 250 valence electrons. The Balaban J connectivity index is 5.43. The Labute approximate surface area is 265 Å². The summed E-state index contributed by atoms with van der Waals surface area (Å²) >= 11 is 7.94. The first-order valence-electron chi connectivity index (χ1n) is 13.5. The second-order valence-corrected chi connectivity index (χ2v) is 10.7. The van der Waals surface area contributed by atoms with Crippen LogP contribution in [-0.2, 0) is 33.6 Å². The number of nitrogens with one attached hydrogen (secondary N) is 5. The van der Waals surface area contributed by atoms with Crippen molar-refractivity contribution in [2.45, 2.75) is 69.7 Å². The molecule has 0 aromatic rings. The number of aliphatic carboxylic acids is 2. The van der Waals surface area contributed by atoms with Crippen molar-refractivity contribution in [3.8, 4) is 0 Å². The third-order valence-corrected chi connectivity index (χ3v) is 6.46. The lowest BCUT2D eigenvalue weighted by Gasteiger charge is -2.24. The third-order valence-electron chi connectivity index (χ3n) is 5.70. The number of nitrogens with zero attached hydrogens (tertiary/aromatic N) is 1. The summed E-state index contributed by atoms with van der Waals surface area (Å²) in [5.41, 5.74) is 16.2. The van der Waals surface area contributed by atoms with Crippen LogP contribution in [0, 0.1) is 5.92 Å². The van der Waals surface area contributed by atoms with Crippen LogP contribution in [0.25, 0.3) is 0 Å². The van der Waals surface area contributed by atoms with Gasteiger partial charge in [-0.05, 0) is 25.2 Å². The van der Waals surface area contributed by atoms with Crippen molar-refractivity contribution in [1.29, 1.82) is 0 Å². The van der Waals surface area contributed by atoms with E-state index >= 15 is 0 Å². The van der Waals surface area contributed by atoms with E-state index < -0.39 is 84.6 Å². The molecule has 0 fully saturated rings. The number of guanidine groups is 1. The van der Waals surface area contributed by atoms with Crippen molar-refractivity contribution in [2.24, 2.45) is 28.1 Å². The first kappa shape index (κ1) is 40.2. The molecular weight excluding hydrogens is 622 g/mol. The third kappa shape index (κ3) is 16.8. The molecule has 0 aliphatic heterocycles. The normalized spacial score (nSPS) is 14.1. The number of carboxylic acids is 2. The van der Waals surface area contributed by atoms with Gasteiger partial charge in [0.1, 0.15) is 24.2 Å². The molecule has 20 heteroatoms. The predicted molar refractivity (Wildman–Crippen MR) is 166 cm³/mol. The van der Waals surface area contributed by atoms with Crippen LogP contribution in [0.3, 0.4) is 0 Å². The molecule has 0 aromatic heterocycles. The number of carboxylic acid groups (broad SMARTS) is 2. The summed E-state index contributed by atoms with van der Waals surface area (Å²) in [7, 11) is 0. The lowest BCUT2D eigenvalue weighted by molar-refractivity contribution is -0.143. The predicted octanol–water partition coefficient (Wildman–Crippen LogP) is -4.11. The number of aliphatic imine (C=N–C) groups is 1. The van der Waals surface area contributed by atoms with Gasteiger partial charge < -0.3 is 54.0 Å². The van der Waals surface area contributed by atoms with Gasteiger partial charge in [0.05, 0.1) is 19.0 Å². The molecule has 0 aliphatic rings. The van der Waals surface area contributed by atoms with E-state index in [1.165, 1.54) is 0 Å². The lowest BCUT2D eigenvalue weighted by atomic mass is 10.0. The summed E-state index contributed by atoms with van der Waals surface area (Å²) in [6.07, 6.45) is -0.445. The maximum absolute atomic E-state index is 12.8. The minimum atomic E-state index is -1.68. The zero-order chi connectivity index (χ0) is 34.0. The fourth-order valence-corrected chi connectivity index (χ4v) is 3.91. The number of amides is 5. The van der Waals surface area contributed by atoms with Gasteiger partial charge in [-0.2, -0.15) is 25.3 Å². The zero-order valence-corrected chi connectivity index (χ0v) is 26.2. The fourth-order valence-electron chi connectivity index (χ4n) is 3.49. The second kappa shape index (κ2) is 21.0. The SMILES string of the molecule is CC(C)C[C@H](NC(=O)[C@H](CS)NC(=O)[C@H](CC(=O)O)NC(=O)CNC(=O)[C@H](CCCN=C(N)N)NC(=O)[C@@H](N)CS)C(=O)O.